The number of hydrogen-bond donors (Lipinski definition) is 3. The van der Waals surface area contributed by atoms with E-state index in [4.69, 9.17) is 37.0 Å². The van der Waals surface area contributed by atoms with E-state index in [0.29, 0.717) is 31.6 Å². The van der Waals surface area contributed by atoms with Crippen LogP contribution in [-0.2, 0) is 65.4 Å². The third-order valence-electron chi connectivity index (χ3n) is 18.0. The normalized spacial score (nSPS) is 14.4. The van der Waals surface area contributed by atoms with Crippen molar-refractivity contribution in [3.63, 3.8) is 0 Å². The molecule has 0 rings (SSSR count). The summed E-state index contributed by atoms with van der Waals surface area (Å²) in [4.78, 5) is 72.7. The highest BCUT2D eigenvalue weighted by Crippen LogP contribution is 2.45. The molecule has 0 aliphatic rings. The third kappa shape index (κ3) is 69.0. The number of carbonyl (C=O) groups excluding carboxylic acids is 4. The molecule has 0 radical (unpaired) electrons. The molecule has 0 aromatic rings. The molecule has 6 atom stereocenters. The molecule has 0 saturated heterocycles. The Balaban J connectivity index is 5.20. The molecular formula is C76H148O17P2. The van der Waals surface area contributed by atoms with Crippen molar-refractivity contribution in [2.45, 2.75) is 407 Å². The summed E-state index contributed by atoms with van der Waals surface area (Å²) in [5.74, 6) is 0.0957. The number of unbranched alkanes of at least 4 members (excludes halogenated alkanes) is 41. The number of phosphoric ester groups is 2. The second kappa shape index (κ2) is 66.6. The Morgan fingerprint density at radius 3 is 0.800 bits per heavy atom. The molecule has 0 saturated carbocycles. The van der Waals surface area contributed by atoms with Crippen molar-refractivity contribution in [1.29, 1.82) is 0 Å². The molecule has 564 valence electrons. The molecule has 3 unspecified atom stereocenters. The Bertz CT molecular complexity index is 1850. The van der Waals surface area contributed by atoms with Crippen molar-refractivity contribution in [2.24, 2.45) is 17.8 Å². The number of carbonyl (C=O) groups is 4. The maximum atomic E-state index is 13.1. The summed E-state index contributed by atoms with van der Waals surface area (Å²) in [6, 6.07) is 0. The standard InChI is InChI=1S/C76H148O17P2/c1-8-10-11-12-13-14-15-16-17-18-19-20-21-22-23-24-25-28-37-45-52-59-75(80)92-71(63-86-73(78)57-50-43-36-29-26-27-33-40-47-54-67(3)4)65-90-94(82,83)88-61-70(77)62-89-95(84,85)91-66-72(64-87-74(79)58-51-44-39-32-34-41-48-55-68(5)6)93-76(81)60-53-46-38-31-30-35-42-49-56-69(7)9-2/h67-72,77H,8-66H2,1-7H3,(H,82,83)(H,84,85)/t69?,70-,71-,72-/m1/s1. The molecule has 0 heterocycles. The lowest BCUT2D eigenvalue weighted by Gasteiger charge is -2.21. The van der Waals surface area contributed by atoms with Crippen molar-refractivity contribution < 1.29 is 80.2 Å². The Kier molecular flexibility index (Phi) is 65.2. The van der Waals surface area contributed by atoms with Gasteiger partial charge in [-0.2, -0.15) is 0 Å². The predicted molar refractivity (Wildman–Crippen MR) is 386 cm³/mol. The number of esters is 4. The smallest absolute Gasteiger partial charge is 0.462 e. The first-order valence-corrected chi connectivity index (χ1v) is 42.4. The van der Waals surface area contributed by atoms with Gasteiger partial charge in [0.15, 0.2) is 12.2 Å². The minimum atomic E-state index is -4.96. The van der Waals surface area contributed by atoms with Crippen molar-refractivity contribution >= 4 is 39.5 Å². The quantitative estimate of drug-likeness (QED) is 0.0222. The minimum absolute atomic E-state index is 0.104. The summed E-state index contributed by atoms with van der Waals surface area (Å²) in [7, 11) is -9.91. The van der Waals surface area contributed by atoms with Crippen molar-refractivity contribution in [3.05, 3.63) is 0 Å². The SMILES string of the molecule is CCCCCCCCCCCCCCCCCCCCCCCC(=O)O[C@H](COC(=O)CCCCCCCCCCCC(C)C)COP(=O)(O)OC[C@@H](O)COP(=O)(O)OC[C@@H](COC(=O)CCCCCCCCCC(C)C)OC(=O)CCCCCCCCCCC(C)CC. The van der Waals surface area contributed by atoms with Gasteiger partial charge in [-0.1, -0.05) is 337 Å². The minimum Gasteiger partial charge on any atom is -0.462 e. The van der Waals surface area contributed by atoms with Crippen LogP contribution >= 0.6 is 15.6 Å². The fourth-order valence-corrected chi connectivity index (χ4v) is 13.1. The van der Waals surface area contributed by atoms with Crippen LogP contribution in [0.15, 0.2) is 0 Å². The molecule has 0 bridgehead atoms. The highest BCUT2D eigenvalue weighted by Gasteiger charge is 2.30. The topological polar surface area (TPSA) is 237 Å². The molecule has 0 aliphatic heterocycles. The Labute approximate surface area is 581 Å². The van der Waals surface area contributed by atoms with Gasteiger partial charge >= 0.3 is 39.5 Å². The van der Waals surface area contributed by atoms with Crippen molar-refractivity contribution in [3.8, 4) is 0 Å². The third-order valence-corrected chi connectivity index (χ3v) is 19.9. The Morgan fingerprint density at radius 1 is 0.305 bits per heavy atom. The first-order chi connectivity index (χ1) is 45.8. The Hall–Kier alpha value is -1.94. The summed E-state index contributed by atoms with van der Waals surface area (Å²) < 4.78 is 68.5. The average Bonchev–Trinajstić information content (AvgIpc) is 1.40. The summed E-state index contributed by atoms with van der Waals surface area (Å²) in [5, 5.41) is 10.6. The van der Waals surface area contributed by atoms with Crippen LogP contribution in [0.5, 0.6) is 0 Å². The van der Waals surface area contributed by atoms with Crippen LogP contribution in [0.2, 0.25) is 0 Å². The van der Waals surface area contributed by atoms with Crippen LogP contribution in [0.4, 0.5) is 0 Å². The van der Waals surface area contributed by atoms with Crippen molar-refractivity contribution in [1.82, 2.24) is 0 Å². The van der Waals surface area contributed by atoms with Gasteiger partial charge < -0.3 is 33.8 Å². The van der Waals surface area contributed by atoms with Gasteiger partial charge in [-0.3, -0.25) is 37.3 Å². The van der Waals surface area contributed by atoms with E-state index in [1.54, 1.807) is 0 Å². The molecule has 0 amide bonds. The summed E-state index contributed by atoms with van der Waals surface area (Å²) >= 11 is 0. The second-order valence-electron chi connectivity index (χ2n) is 28.6. The van der Waals surface area contributed by atoms with Crippen LogP contribution in [0.1, 0.15) is 389 Å². The molecular weight excluding hydrogens is 1250 g/mol. The molecule has 3 N–H and O–H groups in total. The average molecular weight is 1400 g/mol. The molecule has 19 heteroatoms. The fraction of sp³-hybridized carbons (Fsp3) is 0.947. The van der Waals surface area contributed by atoms with Gasteiger partial charge in [0.05, 0.1) is 26.4 Å². The monoisotopic (exact) mass is 1400 g/mol. The van der Waals surface area contributed by atoms with Gasteiger partial charge in [0, 0.05) is 25.7 Å². The zero-order valence-corrected chi connectivity index (χ0v) is 63.9. The first kappa shape index (κ1) is 93.1. The summed E-state index contributed by atoms with van der Waals surface area (Å²) in [6.07, 6.45) is 52.9. The summed E-state index contributed by atoms with van der Waals surface area (Å²) in [6.45, 7) is 11.8. The maximum Gasteiger partial charge on any atom is 0.472 e. The van der Waals surface area contributed by atoms with E-state index in [2.05, 4.69) is 48.5 Å². The highest BCUT2D eigenvalue weighted by atomic mass is 31.2. The van der Waals surface area contributed by atoms with Crippen LogP contribution in [-0.4, -0.2) is 96.7 Å². The molecule has 17 nitrogen and oxygen atoms in total. The van der Waals surface area contributed by atoms with Gasteiger partial charge in [0.1, 0.15) is 19.3 Å². The number of rotatable bonds is 74. The largest absolute Gasteiger partial charge is 0.472 e. The molecule has 0 spiro atoms. The van der Waals surface area contributed by atoms with Crippen LogP contribution in [0.3, 0.4) is 0 Å². The van der Waals surface area contributed by atoms with E-state index in [0.717, 1.165) is 108 Å². The van der Waals surface area contributed by atoms with Gasteiger partial charge in [-0.05, 0) is 43.4 Å². The van der Waals surface area contributed by atoms with E-state index >= 15 is 0 Å². The van der Waals surface area contributed by atoms with E-state index in [1.165, 1.54) is 193 Å². The zero-order chi connectivity index (χ0) is 70.1. The van der Waals surface area contributed by atoms with Gasteiger partial charge in [0.25, 0.3) is 0 Å². The van der Waals surface area contributed by atoms with Crippen molar-refractivity contribution in [2.75, 3.05) is 39.6 Å². The number of ether oxygens (including phenoxy) is 4. The molecule has 0 aromatic heterocycles. The van der Waals surface area contributed by atoms with Crippen LogP contribution in [0.25, 0.3) is 0 Å². The lowest BCUT2D eigenvalue weighted by molar-refractivity contribution is -0.161. The molecule has 0 aromatic carbocycles. The Morgan fingerprint density at radius 2 is 0.537 bits per heavy atom. The van der Waals surface area contributed by atoms with Gasteiger partial charge in [-0.25, -0.2) is 9.13 Å². The maximum absolute atomic E-state index is 13.1. The van der Waals surface area contributed by atoms with Gasteiger partial charge in [-0.15, -0.1) is 0 Å². The lowest BCUT2D eigenvalue weighted by atomic mass is 9.99. The lowest BCUT2D eigenvalue weighted by Crippen LogP contribution is -2.30. The zero-order valence-electron chi connectivity index (χ0n) is 62.1. The number of aliphatic hydroxyl groups excluding tert-OH is 1. The van der Waals surface area contributed by atoms with E-state index in [1.807, 2.05) is 0 Å². The summed E-state index contributed by atoms with van der Waals surface area (Å²) in [5.41, 5.74) is 0. The fourth-order valence-electron chi connectivity index (χ4n) is 11.6. The van der Waals surface area contributed by atoms with E-state index < -0.39 is 97.5 Å². The van der Waals surface area contributed by atoms with E-state index in [-0.39, 0.29) is 25.7 Å². The van der Waals surface area contributed by atoms with Crippen LogP contribution < -0.4 is 0 Å². The van der Waals surface area contributed by atoms with E-state index in [9.17, 15) is 43.2 Å². The van der Waals surface area contributed by atoms with Crippen LogP contribution in [0, 0.1) is 17.8 Å². The molecule has 95 heavy (non-hydrogen) atoms. The highest BCUT2D eigenvalue weighted by molar-refractivity contribution is 7.47. The number of aliphatic hydroxyl groups is 1. The molecule has 0 fully saturated rings. The predicted octanol–water partition coefficient (Wildman–Crippen LogP) is 22.2. The number of hydrogen-bond acceptors (Lipinski definition) is 15. The first-order valence-electron chi connectivity index (χ1n) is 39.4. The molecule has 0 aliphatic carbocycles. The van der Waals surface area contributed by atoms with Gasteiger partial charge in [0.2, 0.25) is 0 Å². The number of phosphoric acid groups is 2. The second-order valence-corrected chi connectivity index (χ2v) is 31.5.